The highest BCUT2D eigenvalue weighted by atomic mass is 32.2. The second-order valence-electron chi connectivity index (χ2n) is 18.4. The highest BCUT2D eigenvalue weighted by molar-refractivity contribution is 7.90. The number of hydrogen-bond acceptors (Lipinski definition) is 7. The number of piperazine rings is 1. The summed E-state index contributed by atoms with van der Waals surface area (Å²) in [6.45, 7) is 19.0. The van der Waals surface area contributed by atoms with Crippen LogP contribution in [0, 0.1) is 38.5 Å². The third-order valence-electron chi connectivity index (χ3n) is 13.8. The molecule has 11 heteroatoms. The smallest absolute Gasteiger partial charge is 0.269 e. The molecule has 2 aromatic carbocycles. The molecule has 0 spiro atoms. The number of fused-ring (bicyclic) bond motifs is 4. The molecular weight excluding hydrogens is 751 g/mol. The number of aryl methyl sites for hydroxylation is 3. The SMILES string of the molecule is Cc1ccc(S(=O)(=O)n2c(-c3cc(C)cc(C)c3)c([C@@H](C)CN3CCN(CC(=O)N4CCCC4)CC3)c3cc(C(C(=O)N4C5CCC6CC6C54)C(C)C)sc32)cc1. The Morgan fingerprint density at radius 3 is 2.16 bits per heavy atom. The third-order valence-corrected chi connectivity index (χ3v) is 16.8. The molecule has 5 unspecified atom stereocenters. The molecule has 2 aliphatic carbocycles. The standard InChI is InChI=1S/C46H59N5O4S2/c1-28(2)41(45(53)50-38-14-11-33-24-36(33)44(38)50)39-25-37-42(32(6)26-47-17-19-48(20-18-47)27-40(52)49-15-7-8-16-49)43(34-22-30(4)21-31(5)23-34)51(46(37)56-39)57(54,55)35-12-9-29(3)10-13-35/h9-10,12-13,21-23,25,28,32-33,36,38,41,44H,7-8,11,14-20,24,26-27H2,1-6H3/t32-,33?,36?,38?,41?,44?,50?/m0/s1. The van der Waals surface area contributed by atoms with Crippen molar-refractivity contribution in [1.29, 1.82) is 0 Å². The normalized spacial score (nSPS) is 24.8. The van der Waals surface area contributed by atoms with Gasteiger partial charge in [0.15, 0.2) is 0 Å². The summed E-state index contributed by atoms with van der Waals surface area (Å²) in [7, 11) is -4.06. The largest absolute Gasteiger partial charge is 0.342 e. The van der Waals surface area contributed by atoms with Gasteiger partial charge in [-0.25, -0.2) is 12.4 Å². The summed E-state index contributed by atoms with van der Waals surface area (Å²) in [5.41, 5.74) is 5.80. The molecule has 2 saturated carbocycles. The summed E-state index contributed by atoms with van der Waals surface area (Å²) in [5, 5.41) is 0.936. The maximum Gasteiger partial charge on any atom is 0.269 e. The Kier molecular flexibility index (Phi) is 10.2. The second-order valence-corrected chi connectivity index (χ2v) is 21.3. The van der Waals surface area contributed by atoms with Crippen LogP contribution in [0.1, 0.15) is 91.8 Å². The highest BCUT2D eigenvalue weighted by Crippen LogP contribution is 2.60. The monoisotopic (exact) mass is 809 g/mol. The van der Waals surface area contributed by atoms with Crippen molar-refractivity contribution in [1.82, 2.24) is 23.6 Å². The van der Waals surface area contributed by atoms with Gasteiger partial charge >= 0.3 is 0 Å². The number of carbonyl (C=O) groups excluding carboxylic acids is 2. The van der Waals surface area contributed by atoms with Gasteiger partial charge in [-0.05, 0) is 112 Å². The number of amides is 2. The van der Waals surface area contributed by atoms with Crippen molar-refractivity contribution in [3.63, 3.8) is 0 Å². The lowest BCUT2D eigenvalue weighted by Crippen LogP contribution is -2.50. The number of thiophene rings is 1. The lowest BCUT2D eigenvalue weighted by atomic mass is 9.90. The van der Waals surface area contributed by atoms with E-state index in [2.05, 4.69) is 73.6 Å². The Morgan fingerprint density at radius 2 is 1.49 bits per heavy atom. The molecule has 9 nitrogen and oxygen atoms in total. The van der Waals surface area contributed by atoms with Gasteiger partial charge in [0.2, 0.25) is 11.8 Å². The maximum absolute atomic E-state index is 15.2. The molecule has 0 bridgehead atoms. The Labute approximate surface area is 343 Å². The predicted molar refractivity (Wildman–Crippen MR) is 228 cm³/mol. The molecule has 57 heavy (non-hydrogen) atoms. The first-order valence-electron chi connectivity index (χ1n) is 21.4. The first-order valence-corrected chi connectivity index (χ1v) is 23.7. The van der Waals surface area contributed by atoms with Gasteiger partial charge in [0.05, 0.1) is 35.1 Å². The number of hydrogen-bond donors (Lipinski definition) is 0. The van der Waals surface area contributed by atoms with Gasteiger partial charge in [0.1, 0.15) is 4.83 Å². The van der Waals surface area contributed by atoms with Crippen LogP contribution in [0.25, 0.3) is 21.5 Å². The van der Waals surface area contributed by atoms with Gasteiger partial charge < -0.3 is 14.7 Å². The number of aromatic nitrogens is 1. The van der Waals surface area contributed by atoms with Crippen LogP contribution >= 0.6 is 11.3 Å². The number of benzene rings is 2. The van der Waals surface area contributed by atoms with Crippen LogP contribution in [0.4, 0.5) is 0 Å². The van der Waals surface area contributed by atoms with Crippen LogP contribution in [0.2, 0.25) is 0 Å². The van der Waals surface area contributed by atoms with Gasteiger partial charge in [-0.15, -0.1) is 11.3 Å². The molecule has 2 aromatic heterocycles. The zero-order chi connectivity index (χ0) is 39.9. The lowest BCUT2D eigenvalue weighted by molar-refractivity contribution is -0.132. The van der Waals surface area contributed by atoms with Crippen LogP contribution in [0.3, 0.4) is 0 Å². The van der Waals surface area contributed by atoms with E-state index >= 15 is 8.42 Å². The molecule has 6 atom stereocenters. The topological polar surface area (TPSA) is 85.9 Å². The molecule has 304 valence electrons. The van der Waals surface area contributed by atoms with Gasteiger partial charge in [0.25, 0.3) is 10.0 Å². The quantitative estimate of drug-likeness (QED) is 0.145. The first-order chi connectivity index (χ1) is 27.3. The van der Waals surface area contributed by atoms with Gasteiger partial charge in [-0.3, -0.25) is 14.5 Å². The van der Waals surface area contributed by atoms with E-state index in [1.54, 1.807) is 16.1 Å². The van der Waals surface area contributed by atoms with E-state index in [1.807, 2.05) is 24.0 Å². The molecule has 0 radical (unpaired) electrons. The van der Waals surface area contributed by atoms with E-state index in [-0.39, 0.29) is 34.5 Å². The van der Waals surface area contributed by atoms with E-state index in [4.69, 9.17) is 0 Å². The molecule has 9 rings (SSSR count). The van der Waals surface area contributed by atoms with E-state index < -0.39 is 10.0 Å². The molecule has 5 fully saturated rings. The second kappa shape index (κ2) is 14.9. The minimum Gasteiger partial charge on any atom is -0.342 e. The minimum absolute atomic E-state index is 0.0203. The summed E-state index contributed by atoms with van der Waals surface area (Å²) in [6.07, 6.45) is 5.81. The summed E-state index contributed by atoms with van der Waals surface area (Å²) < 4.78 is 32.0. The zero-order valence-electron chi connectivity index (χ0n) is 34.5. The average Bonchev–Trinajstić information content (AvgIpc) is 3.91. The molecule has 5 aliphatic rings. The van der Waals surface area contributed by atoms with Gasteiger partial charge in [-0.1, -0.05) is 55.7 Å². The molecular formula is C46H59N5O4S2. The molecule has 5 heterocycles. The van der Waals surface area contributed by atoms with Crippen molar-refractivity contribution >= 4 is 43.4 Å². The van der Waals surface area contributed by atoms with Crippen LogP contribution in [-0.2, 0) is 19.6 Å². The number of nitrogens with zero attached hydrogens (tertiary/aromatic N) is 5. The number of carbonyl (C=O) groups is 2. The molecule has 3 aliphatic heterocycles. The Hall–Kier alpha value is -3.51. The van der Waals surface area contributed by atoms with Crippen molar-refractivity contribution in [2.75, 3.05) is 52.4 Å². The molecule has 4 aromatic rings. The fourth-order valence-corrected chi connectivity index (χ4v) is 14.0. The van der Waals surface area contributed by atoms with E-state index in [0.717, 1.165) is 115 Å². The minimum atomic E-state index is -4.06. The van der Waals surface area contributed by atoms with E-state index in [9.17, 15) is 9.59 Å². The predicted octanol–water partition coefficient (Wildman–Crippen LogP) is 7.62. The number of likely N-dealkylation sites (tertiary alicyclic amines) is 2. The fraction of sp³-hybridized carbons (Fsp3) is 0.565. The van der Waals surface area contributed by atoms with Gasteiger partial charge in [0, 0.05) is 61.6 Å². The first kappa shape index (κ1) is 39.0. The summed E-state index contributed by atoms with van der Waals surface area (Å²) >= 11 is 1.50. The van der Waals surface area contributed by atoms with Crippen molar-refractivity contribution < 1.29 is 18.0 Å². The molecule has 0 N–H and O–H groups in total. The Morgan fingerprint density at radius 1 is 0.825 bits per heavy atom. The Balaban J connectivity index is 1.12. The van der Waals surface area contributed by atoms with Crippen molar-refractivity contribution in [2.24, 2.45) is 17.8 Å². The lowest BCUT2D eigenvalue weighted by Gasteiger charge is -2.36. The van der Waals surface area contributed by atoms with Crippen molar-refractivity contribution in [3.8, 4) is 11.3 Å². The zero-order valence-corrected chi connectivity index (χ0v) is 36.2. The summed E-state index contributed by atoms with van der Waals surface area (Å²) in [5.74, 6) is 1.64. The molecule has 3 saturated heterocycles. The van der Waals surface area contributed by atoms with Crippen molar-refractivity contribution in [3.05, 3.63) is 75.7 Å². The average molecular weight is 810 g/mol. The van der Waals surface area contributed by atoms with Crippen molar-refractivity contribution in [2.45, 2.75) is 102 Å². The fourth-order valence-electron chi connectivity index (χ4n) is 10.7. The van der Waals surface area contributed by atoms with Crippen LogP contribution in [0.5, 0.6) is 0 Å². The summed E-state index contributed by atoms with van der Waals surface area (Å²) in [4.78, 5) is 38.4. The van der Waals surface area contributed by atoms with Crippen LogP contribution in [-0.4, -0.2) is 108 Å². The van der Waals surface area contributed by atoms with Crippen LogP contribution in [0.15, 0.2) is 53.4 Å². The Bertz CT molecular complexity index is 2280. The van der Waals surface area contributed by atoms with Crippen LogP contribution < -0.4 is 0 Å². The molecule has 2 amide bonds. The third kappa shape index (κ3) is 7.18. The maximum atomic E-state index is 15.2. The highest BCUT2D eigenvalue weighted by Gasteiger charge is 2.65. The van der Waals surface area contributed by atoms with E-state index in [0.29, 0.717) is 29.4 Å². The van der Waals surface area contributed by atoms with Gasteiger partial charge in [-0.2, -0.15) is 0 Å². The summed E-state index contributed by atoms with van der Waals surface area (Å²) in [6, 6.07) is 16.5. The number of rotatable bonds is 11. The van der Waals surface area contributed by atoms with E-state index in [1.165, 1.54) is 24.2 Å².